The van der Waals surface area contributed by atoms with E-state index < -0.39 is 10.0 Å². The molecule has 1 aliphatic carbocycles. The zero-order valence-electron chi connectivity index (χ0n) is 17.3. The number of hydrogen-bond donors (Lipinski definition) is 3. The minimum Gasteiger partial charge on any atom is -0.490 e. The predicted molar refractivity (Wildman–Crippen MR) is 114 cm³/mol. The molecule has 1 aromatic rings. The lowest BCUT2D eigenvalue weighted by atomic mass is 10.1. The van der Waals surface area contributed by atoms with Crippen molar-refractivity contribution in [2.45, 2.75) is 58.6 Å². The summed E-state index contributed by atoms with van der Waals surface area (Å²) in [5, 5.41) is 6.47. The first-order valence-electron chi connectivity index (χ1n) is 10.1. The fourth-order valence-electron chi connectivity index (χ4n) is 3.15. The van der Waals surface area contributed by atoms with Crippen LogP contribution < -0.4 is 20.1 Å². The molecule has 0 aliphatic heterocycles. The molecule has 0 saturated heterocycles. The van der Waals surface area contributed by atoms with Crippen molar-refractivity contribution in [3.63, 3.8) is 0 Å². The summed E-state index contributed by atoms with van der Waals surface area (Å²) in [5.41, 5.74) is 2.26. The number of ether oxygens (including phenoxy) is 1. The van der Waals surface area contributed by atoms with Gasteiger partial charge in [-0.2, -0.15) is 0 Å². The average Bonchev–Trinajstić information content (AvgIpc) is 3.12. The van der Waals surface area contributed by atoms with Crippen molar-refractivity contribution >= 4 is 16.0 Å². The molecule has 8 heteroatoms. The van der Waals surface area contributed by atoms with Crippen LogP contribution in [0.4, 0.5) is 0 Å². The molecule has 158 valence electrons. The molecular weight excluding hydrogens is 376 g/mol. The van der Waals surface area contributed by atoms with Crippen molar-refractivity contribution in [1.82, 2.24) is 15.4 Å². The van der Waals surface area contributed by atoms with Crippen molar-refractivity contribution in [3.05, 3.63) is 29.3 Å². The van der Waals surface area contributed by atoms with Crippen LogP contribution in [0.3, 0.4) is 0 Å². The number of nitrogens with one attached hydrogen (secondary N) is 3. The van der Waals surface area contributed by atoms with E-state index in [1.165, 1.54) is 24.7 Å². The summed E-state index contributed by atoms with van der Waals surface area (Å²) in [6.07, 6.45) is 6.90. The zero-order valence-corrected chi connectivity index (χ0v) is 18.1. The van der Waals surface area contributed by atoms with Crippen LogP contribution in [0.2, 0.25) is 0 Å². The second-order valence-corrected chi connectivity index (χ2v) is 9.11. The lowest BCUT2D eigenvalue weighted by molar-refractivity contribution is 0.208. The van der Waals surface area contributed by atoms with Gasteiger partial charge in [-0.1, -0.05) is 12.1 Å². The Morgan fingerprint density at radius 3 is 2.64 bits per heavy atom. The largest absolute Gasteiger partial charge is 0.490 e. The highest BCUT2D eigenvalue weighted by atomic mass is 32.2. The van der Waals surface area contributed by atoms with E-state index in [1.54, 1.807) is 0 Å². The molecule has 1 aromatic carbocycles. The van der Waals surface area contributed by atoms with Gasteiger partial charge in [0, 0.05) is 25.2 Å². The van der Waals surface area contributed by atoms with E-state index in [0.29, 0.717) is 38.1 Å². The molecule has 28 heavy (non-hydrogen) atoms. The molecule has 3 N–H and O–H groups in total. The van der Waals surface area contributed by atoms with Gasteiger partial charge in [0.2, 0.25) is 10.0 Å². The van der Waals surface area contributed by atoms with Crippen LogP contribution >= 0.6 is 0 Å². The van der Waals surface area contributed by atoms with E-state index in [0.717, 1.165) is 30.7 Å². The molecule has 0 amide bonds. The summed E-state index contributed by atoms with van der Waals surface area (Å²) in [7, 11) is -3.14. The molecule has 1 aliphatic rings. The minimum atomic E-state index is -3.14. The molecule has 0 heterocycles. The summed E-state index contributed by atoms with van der Waals surface area (Å²) in [4.78, 5) is 4.67. The fraction of sp³-hybridized carbons (Fsp3) is 0.650. The third kappa shape index (κ3) is 8.48. The summed E-state index contributed by atoms with van der Waals surface area (Å²) in [6.45, 7) is 6.41. The van der Waals surface area contributed by atoms with Gasteiger partial charge in [0.25, 0.3) is 0 Å². The van der Waals surface area contributed by atoms with Gasteiger partial charge in [0.1, 0.15) is 5.75 Å². The van der Waals surface area contributed by atoms with E-state index in [-0.39, 0.29) is 0 Å². The summed E-state index contributed by atoms with van der Waals surface area (Å²) < 4.78 is 30.9. The Morgan fingerprint density at radius 2 is 1.96 bits per heavy atom. The number of nitrogens with zero attached hydrogens (tertiary/aromatic N) is 1. The first-order valence-corrected chi connectivity index (χ1v) is 12.0. The summed E-state index contributed by atoms with van der Waals surface area (Å²) in [5.74, 6) is 1.65. The average molecular weight is 411 g/mol. The van der Waals surface area contributed by atoms with Crippen LogP contribution in [-0.4, -0.2) is 46.4 Å². The molecule has 0 aromatic heterocycles. The molecule has 0 bridgehead atoms. The summed E-state index contributed by atoms with van der Waals surface area (Å²) in [6, 6.07) is 6.27. The van der Waals surface area contributed by atoms with Crippen LogP contribution in [0.1, 0.15) is 50.2 Å². The standard InChI is InChI=1S/C20H34N4O3S/c1-4-21-20(22-12-7-13-24-28(3,25)26)23-15-17-11-10-16(2)14-19(17)27-18-8-5-6-9-18/h10-11,14,18,24H,4-9,12-13,15H2,1-3H3,(H2,21,22,23). The molecular formula is C20H34N4O3S. The molecule has 0 radical (unpaired) electrons. The van der Waals surface area contributed by atoms with E-state index in [1.807, 2.05) is 6.92 Å². The SMILES string of the molecule is CCNC(=NCc1ccc(C)cc1OC1CCCC1)NCCCNS(C)(=O)=O. The maximum absolute atomic E-state index is 11.1. The maximum Gasteiger partial charge on any atom is 0.208 e. The Balaban J connectivity index is 1.93. The lowest BCUT2D eigenvalue weighted by Gasteiger charge is -2.17. The van der Waals surface area contributed by atoms with Gasteiger partial charge in [-0.15, -0.1) is 0 Å². The smallest absolute Gasteiger partial charge is 0.208 e. The van der Waals surface area contributed by atoms with Crippen molar-refractivity contribution < 1.29 is 13.2 Å². The first-order chi connectivity index (χ1) is 13.4. The van der Waals surface area contributed by atoms with Gasteiger partial charge in [-0.25, -0.2) is 18.1 Å². The van der Waals surface area contributed by atoms with Crippen LogP contribution in [0, 0.1) is 6.92 Å². The minimum absolute atomic E-state index is 0.318. The number of guanidine groups is 1. The summed E-state index contributed by atoms with van der Waals surface area (Å²) >= 11 is 0. The van der Waals surface area contributed by atoms with E-state index in [2.05, 4.69) is 45.5 Å². The van der Waals surface area contributed by atoms with E-state index in [4.69, 9.17) is 4.74 Å². The number of aryl methyl sites for hydroxylation is 1. The van der Waals surface area contributed by atoms with Gasteiger partial charge in [-0.05, 0) is 57.6 Å². The van der Waals surface area contributed by atoms with Crippen LogP contribution in [0.5, 0.6) is 5.75 Å². The van der Waals surface area contributed by atoms with Gasteiger partial charge in [0.15, 0.2) is 5.96 Å². The van der Waals surface area contributed by atoms with Gasteiger partial charge in [-0.3, -0.25) is 0 Å². The van der Waals surface area contributed by atoms with E-state index in [9.17, 15) is 8.42 Å². The maximum atomic E-state index is 11.1. The highest BCUT2D eigenvalue weighted by molar-refractivity contribution is 7.88. The highest BCUT2D eigenvalue weighted by Gasteiger charge is 2.18. The molecule has 2 rings (SSSR count). The topological polar surface area (TPSA) is 91.8 Å². The normalized spacial score (nSPS) is 15.6. The van der Waals surface area contributed by atoms with Gasteiger partial charge < -0.3 is 15.4 Å². The molecule has 7 nitrogen and oxygen atoms in total. The molecule has 1 fully saturated rings. The van der Waals surface area contributed by atoms with Crippen molar-refractivity contribution in [3.8, 4) is 5.75 Å². The van der Waals surface area contributed by atoms with Crippen LogP contribution in [0.25, 0.3) is 0 Å². The Morgan fingerprint density at radius 1 is 1.21 bits per heavy atom. The number of hydrogen-bond acceptors (Lipinski definition) is 4. The predicted octanol–water partition coefficient (Wildman–Crippen LogP) is 2.31. The van der Waals surface area contributed by atoms with Gasteiger partial charge >= 0.3 is 0 Å². The third-order valence-corrected chi connectivity index (χ3v) is 5.31. The number of rotatable bonds is 10. The van der Waals surface area contributed by atoms with Crippen LogP contribution in [0.15, 0.2) is 23.2 Å². The molecule has 0 atom stereocenters. The Kier molecular flexibility index (Phi) is 9.05. The number of sulfonamides is 1. The Bertz CT molecular complexity index is 744. The Hall–Kier alpha value is -1.80. The van der Waals surface area contributed by atoms with Crippen molar-refractivity contribution in [2.75, 3.05) is 25.9 Å². The van der Waals surface area contributed by atoms with Crippen LogP contribution in [-0.2, 0) is 16.6 Å². The Labute approximate surface area is 169 Å². The van der Waals surface area contributed by atoms with Gasteiger partial charge in [0.05, 0.1) is 18.9 Å². The van der Waals surface area contributed by atoms with E-state index >= 15 is 0 Å². The third-order valence-electron chi connectivity index (χ3n) is 4.58. The molecule has 0 spiro atoms. The van der Waals surface area contributed by atoms with Crippen molar-refractivity contribution in [2.24, 2.45) is 4.99 Å². The second kappa shape index (κ2) is 11.3. The number of benzene rings is 1. The number of aliphatic imine (C=N–C) groups is 1. The monoisotopic (exact) mass is 410 g/mol. The first kappa shape index (κ1) is 22.5. The fourth-order valence-corrected chi connectivity index (χ4v) is 3.66. The van der Waals surface area contributed by atoms with Crippen molar-refractivity contribution in [1.29, 1.82) is 0 Å². The highest BCUT2D eigenvalue weighted by Crippen LogP contribution is 2.28. The second-order valence-electron chi connectivity index (χ2n) is 7.28. The quantitative estimate of drug-likeness (QED) is 0.313. The zero-order chi connectivity index (χ0) is 20.4. The lowest BCUT2D eigenvalue weighted by Crippen LogP contribution is -2.38. The molecule has 1 saturated carbocycles. The molecule has 0 unspecified atom stereocenters.